The Hall–Kier alpha value is -1.67. The first-order valence-corrected chi connectivity index (χ1v) is 5.88. The number of benzene rings is 2. The number of hydrogen-bond acceptors (Lipinski definition) is 2. The van der Waals surface area contributed by atoms with Crippen LogP contribution in [0.4, 0.5) is 11.4 Å². The van der Waals surface area contributed by atoms with E-state index in [1.54, 1.807) is 0 Å². The van der Waals surface area contributed by atoms with E-state index in [1.165, 1.54) is 5.56 Å². The zero-order valence-corrected chi connectivity index (χ0v) is 10.7. The minimum atomic E-state index is 0.713. The summed E-state index contributed by atoms with van der Waals surface area (Å²) >= 11 is 6.12. The molecule has 0 spiro atoms. The van der Waals surface area contributed by atoms with E-state index >= 15 is 0 Å². The van der Waals surface area contributed by atoms with Crippen LogP contribution in [0.25, 0.3) is 0 Å². The first kappa shape index (κ1) is 11.8. The fourth-order valence-electron chi connectivity index (χ4n) is 1.56. The number of rotatable bonds is 3. The van der Waals surface area contributed by atoms with Gasteiger partial charge in [-0.25, -0.2) is 0 Å². The quantitative estimate of drug-likeness (QED) is 0.785. The normalized spacial score (nSPS) is 10.1. The Morgan fingerprint density at radius 3 is 2.24 bits per heavy atom. The topological polar surface area (TPSA) is 24.1 Å². The van der Waals surface area contributed by atoms with E-state index in [2.05, 4.69) is 29.9 Å². The zero-order chi connectivity index (χ0) is 12.3. The molecule has 0 unspecified atom stereocenters. The fraction of sp³-hybridized carbons (Fsp3) is 0.143. The average Bonchev–Trinajstić information content (AvgIpc) is 2.31. The number of hydrazine groups is 1. The fourth-order valence-corrected chi connectivity index (χ4v) is 1.83. The molecule has 17 heavy (non-hydrogen) atoms. The molecule has 0 heterocycles. The van der Waals surface area contributed by atoms with E-state index in [0.717, 1.165) is 16.9 Å². The number of para-hydroxylation sites is 1. The highest BCUT2D eigenvalue weighted by molar-refractivity contribution is 6.33. The lowest BCUT2D eigenvalue weighted by Gasteiger charge is -2.13. The van der Waals surface area contributed by atoms with Crippen molar-refractivity contribution < 1.29 is 0 Å². The summed E-state index contributed by atoms with van der Waals surface area (Å²) in [5.74, 6) is 0. The van der Waals surface area contributed by atoms with E-state index in [9.17, 15) is 0 Å². The van der Waals surface area contributed by atoms with Crippen LogP contribution in [-0.4, -0.2) is 0 Å². The molecular formula is C14H15ClN2. The molecule has 0 aliphatic rings. The van der Waals surface area contributed by atoms with Gasteiger partial charge < -0.3 is 5.43 Å². The standard InChI is InChI=1S/C14H15ClN2/c1-10-6-8-12(9-7-10)16-17-14-11(2)4-3-5-13(14)15/h3-9,16-17H,1-2H3. The van der Waals surface area contributed by atoms with E-state index in [1.807, 2.05) is 37.3 Å². The lowest BCUT2D eigenvalue weighted by atomic mass is 10.2. The number of hydrogen-bond donors (Lipinski definition) is 2. The second-order valence-corrected chi connectivity index (χ2v) is 4.45. The second kappa shape index (κ2) is 5.11. The number of nitrogens with one attached hydrogen (secondary N) is 2. The Bertz CT molecular complexity index is 486. The highest BCUT2D eigenvalue weighted by Crippen LogP contribution is 2.25. The van der Waals surface area contributed by atoms with Gasteiger partial charge in [-0.3, -0.25) is 5.43 Å². The average molecular weight is 247 g/mol. The van der Waals surface area contributed by atoms with Crippen LogP contribution in [0.1, 0.15) is 11.1 Å². The molecule has 3 heteroatoms. The highest BCUT2D eigenvalue weighted by Gasteiger charge is 2.02. The van der Waals surface area contributed by atoms with Crippen molar-refractivity contribution in [2.45, 2.75) is 13.8 Å². The van der Waals surface area contributed by atoms with E-state index in [0.29, 0.717) is 5.02 Å². The van der Waals surface area contributed by atoms with E-state index in [4.69, 9.17) is 11.6 Å². The van der Waals surface area contributed by atoms with Crippen LogP contribution in [0.5, 0.6) is 0 Å². The molecule has 0 aliphatic carbocycles. The second-order valence-electron chi connectivity index (χ2n) is 4.05. The summed E-state index contributed by atoms with van der Waals surface area (Å²) in [6.45, 7) is 4.08. The predicted molar refractivity (Wildman–Crippen MR) is 74.6 cm³/mol. The van der Waals surface area contributed by atoms with Gasteiger partial charge in [-0.2, -0.15) is 0 Å². The van der Waals surface area contributed by atoms with Crippen molar-refractivity contribution in [2.24, 2.45) is 0 Å². The summed E-state index contributed by atoms with van der Waals surface area (Å²) in [4.78, 5) is 0. The highest BCUT2D eigenvalue weighted by atomic mass is 35.5. The van der Waals surface area contributed by atoms with Crippen LogP contribution >= 0.6 is 11.6 Å². The lowest BCUT2D eigenvalue weighted by Crippen LogP contribution is -2.10. The molecule has 2 nitrogen and oxygen atoms in total. The number of aryl methyl sites for hydroxylation is 2. The van der Waals surface area contributed by atoms with Crippen LogP contribution in [0.3, 0.4) is 0 Å². The van der Waals surface area contributed by atoms with Crippen molar-refractivity contribution in [3.63, 3.8) is 0 Å². The minimum absolute atomic E-state index is 0.713. The summed E-state index contributed by atoms with van der Waals surface area (Å²) in [6.07, 6.45) is 0. The molecule has 2 aromatic rings. The molecule has 88 valence electrons. The third-order valence-corrected chi connectivity index (χ3v) is 2.92. The first-order valence-electron chi connectivity index (χ1n) is 5.50. The van der Waals surface area contributed by atoms with Gasteiger partial charge >= 0.3 is 0 Å². The molecule has 2 rings (SSSR count). The largest absolute Gasteiger partial charge is 0.301 e. The molecule has 0 fully saturated rings. The molecule has 0 aromatic heterocycles. The maximum Gasteiger partial charge on any atom is 0.0755 e. The number of anilines is 2. The lowest BCUT2D eigenvalue weighted by molar-refractivity contribution is 1.35. The summed E-state index contributed by atoms with van der Waals surface area (Å²) in [5, 5.41) is 0.713. The van der Waals surface area contributed by atoms with Gasteiger partial charge in [0, 0.05) is 0 Å². The van der Waals surface area contributed by atoms with Crippen molar-refractivity contribution >= 4 is 23.0 Å². The van der Waals surface area contributed by atoms with Crippen LogP contribution in [0.2, 0.25) is 5.02 Å². The Labute approximate surface area is 107 Å². The molecule has 2 N–H and O–H groups in total. The Morgan fingerprint density at radius 1 is 0.882 bits per heavy atom. The molecule has 2 aromatic carbocycles. The molecule has 0 saturated carbocycles. The van der Waals surface area contributed by atoms with Crippen molar-refractivity contribution in [2.75, 3.05) is 10.9 Å². The monoisotopic (exact) mass is 246 g/mol. The summed E-state index contributed by atoms with van der Waals surface area (Å²) in [6, 6.07) is 14.0. The maximum atomic E-state index is 6.12. The molecule has 0 saturated heterocycles. The van der Waals surface area contributed by atoms with Gasteiger partial charge in [-0.05, 0) is 37.6 Å². The first-order chi connectivity index (χ1) is 8.16. The van der Waals surface area contributed by atoms with Gasteiger partial charge in [0.25, 0.3) is 0 Å². The third kappa shape index (κ3) is 2.92. The number of halogens is 1. The molecule has 0 bridgehead atoms. The third-order valence-electron chi connectivity index (χ3n) is 2.61. The summed E-state index contributed by atoms with van der Waals surface area (Å²) in [5.41, 5.74) is 10.5. The van der Waals surface area contributed by atoms with Crippen LogP contribution in [0, 0.1) is 13.8 Å². The van der Waals surface area contributed by atoms with E-state index < -0.39 is 0 Å². The van der Waals surface area contributed by atoms with Crippen molar-refractivity contribution in [3.8, 4) is 0 Å². The predicted octanol–water partition coefficient (Wildman–Crippen LogP) is 4.40. The van der Waals surface area contributed by atoms with Crippen molar-refractivity contribution in [1.29, 1.82) is 0 Å². The summed E-state index contributed by atoms with van der Waals surface area (Å²) in [7, 11) is 0. The minimum Gasteiger partial charge on any atom is -0.301 e. The SMILES string of the molecule is Cc1ccc(NNc2c(C)cccc2Cl)cc1. The van der Waals surface area contributed by atoms with Crippen LogP contribution in [-0.2, 0) is 0 Å². The molecule has 0 atom stereocenters. The van der Waals surface area contributed by atoms with Gasteiger partial charge in [0.2, 0.25) is 0 Å². The Balaban J connectivity index is 2.10. The van der Waals surface area contributed by atoms with Crippen LogP contribution < -0.4 is 10.9 Å². The molecule has 0 aliphatic heterocycles. The Morgan fingerprint density at radius 2 is 1.59 bits per heavy atom. The van der Waals surface area contributed by atoms with Crippen molar-refractivity contribution in [3.05, 3.63) is 58.6 Å². The van der Waals surface area contributed by atoms with Crippen molar-refractivity contribution in [1.82, 2.24) is 0 Å². The van der Waals surface area contributed by atoms with Crippen LogP contribution in [0.15, 0.2) is 42.5 Å². The van der Waals surface area contributed by atoms with Gasteiger partial charge in [0.15, 0.2) is 0 Å². The molecular weight excluding hydrogens is 232 g/mol. The van der Waals surface area contributed by atoms with Gasteiger partial charge in [-0.1, -0.05) is 41.4 Å². The maximum absolute atomic E-state index is 6.12. The zero-order valence-electron chi connectivity index (χ0n) is 9.92. The van der Waals surface area contributed by atoms with Gasteiger partial charge in [0.1, 0.15) is 0 Å². The Kier molecular flexibility index (Phi) is 3.55. The smallest absolute Gasteiger partial charge is 0.0755 e. The molecule has 0 amide bonds. The molecule has 0 radical (unpaired) electrons. The summed E-state index contributed by atoms with van der Waals surface area (Å²) < 4.78 is 0. The van der Waals surface area contributed by atoms with Gasteiger partial charge in [0.05, 0.1) is 16.4 Å². The van der Waals surface area contributed by atoms with E-state index in [-0.39, 0.29) is 0 Å². The van der Waals surface area contributed by atoms with Gasteiger partial charge in [-0.15, -0.1) is 0 Å².